The molecule has 32 heavy (non-hydrogen) atoms. The Balaban J connectivity index is 1.58. The lowest BCUT2D eigenvalue weighted by molar-refractivity contribution is -0.139. The molecule has 0 aromatic heterocycles. The van der Waals surface area contributed by atoms with Crippen molar-refractivity contribution in [2.24, 2.45) is 0 Å². The minimum Gasteiger partial charge on any atom is -0.495 e. The van der Waals surface area contributed by atoms with Crippen LogP contribution in [0.4, 0.5) is 0 Å². The monoisotopic (exact) mass is 424 g/mol. The van der Waals surface area contributed by atoms with Crippen molar-refractivity contribution in [1.82, 2.24) is 0 Å². The number of rotatable bonds is 8. The first kappa shape index (κ1) is 21.6. The maximum Gasteiger partial charge on any atom is 0.333 e. The van der Waals surface area contributed by atoms with Gasteiger partial charge in [-0.2, -0.15) is 0 Å². The van der Waals surface area contributed by atoms with Crippen LogP contribution in [0.15, 0.2) is 84.9 Å². The summed E-state index contributed by atoms with van der Waals surface area (Å²) in [5.41, 5.74) is 4.15. The molecule has 0 atom stereocenters. The maximum atomic E-state index is 11.4. The average Bonchev–Trinajstić information content (AvgIpc) is 2.82. The van der Waals surface area contributed by atoms with Gasteiger partial charge in [-0.05, 0) is 53.6 Å². The number of carbonyl (C=O) groups excluding carboxylic acids is 1. The van der Waals surface area contributed by atoms with E-state index in [0.717, 1.165) is 35.8 Å². The predicted molar refractivity (Wildman–Crippen MR) is 132 cm³/mol. The standard InChI is InChI=1S/C29H28O3/c1-20(2)29(30)32-19-9-8-10-21-15-17-22(18-16-21)27-23-11-4-6-13-25(23)28(31-3)26-14-7-5-12-24(26)27/h4-7,11-18H,1,8-10,19H2,2-3H3. The van der Waals surface area contributed by atoms with Crippen LogP contribution in [0, 0.1) is 0 Å². The molecule has 0 radical (unpaired) electrons. The predicted octanol–water partition coefficient (Wildman–Crippen LogP) is 7.11. The lowest BCUT2D eigenvalue weighted by Crippen LogP contribution is -2.06. The molecule has 0 saturated heterocycles. The Kier molecular flexibility index (Phi) is 6.55. The number of ether oxygens (including phenoxy) is 2. The topological polar surface area (TPSA) is 35.5 Å². The third-order valence-electron chi connectivity index (χ3n) is 5.77. The summed E-state index contributed by atoms with van der Waals surface area (Å²) in [5.74, 6) is 0.609. The number of hydrogen-bond acceptors (Lipinski definition) is 3. The van der Waals surface area contributed by atoms with E-state index in [2.05, 4.69) is 79.4 Å². The minimum absolute atomic E-state index is 0.312. The Morgan fingerprint density at radius 1 is 0.812 bits per heavy atom. The van der Waals surface area contributed by atoms with Gasteiger partial charge in [0.05, 0.1) is 13.7 Å². The van der Waals surface area contributed by atoms with E-state index in [-0.39, 0.29) is 5.97 Å². The van der Waals surface area contributed by atoms with Crippen molar-refractivity contribution in [3.05, 3.63) is 90.5 Å². The van der Waals surface area contributed by atoms with Crippen molar-refractivity contribution >= 4 is 27.5 Å². The van der Waals surface area contributed by atoms with Crippen LogP contribution < -0.4 is 4.74 Å². The second-order valence-corrected chi connectivity index (χ2v) is 8.07. The van der Waals surface area contributed by atoms with Gasteiger partial charge in [0, 0.05) is 16.3 Å². The molecule has 0 N–H and O–H groups in total. The fourth-order valence-corrected chi connectivity index (χ4v) is 4.18. The van der Waals surface area contributed by atoms with Gasteiger partial charge in [-0.1, -0.05) is 79.4 Å². The van der Waals surface area contributed by atoms with E-state index in [1.165, 1.54) is 27.5 Å². The minimum atomic E-state index is -0.312. The summed E-state index contributed by atoms with van der Waals surface area (Å²) in [5, 5.41) is 4.62. The highest BCUT2D eigenvalue weighted by Gasteiger charge is 2.15. The van der Waals surface area contributed by atoms with Crippen LogP contribution in [0.2, 0.25) is 0 Å². The van der Waals surface area contributed by atoms with E-state index >= 15 is 0 Å². The normalized spacial score (nSPS) is 10.9. The van der Waals surface area contributed by atoms with Crippen LogP contribution in [0.25, 0.3) is 32.7 Å². The zero-order valence-corrected chi connectivity index (χ0v) is 18.7. The molecular weight excluding hydrogens is 396 g/mol. The van der Waals surface area contributed by atoms with Gasteiger partial charge in [0.2, 0.25) is 0 Å². The number of carbonyl (C=O) groups is 1. The molecule has 0 aliphatic heterocycles. The van der Waals surface area contributed by atoms with Crippen LogP contribution in [0.1, 0.15) is 25.3 Å². The first-order valence-corrected chi connectivity index (χ1v) is 11.0. The van der Waals surface area contributed by atoms with Crippen molar-refractivity contribution < 1.29 is 14.3 Å². The van der Waals surface area contributed by atoms with Gasteiger partial charge in [-0.25, -0.2) is 4.79 Å². The molecule has 0 spiro atoms. The molecule has 0 bridgehead atoms. The van der Waals surface area contributed by atoms with Gasteiger partial charge in [0.25, 0.3) is 0 Å². The summed E-state index contributed by atoms with van der Waals surface area (Å²) in [7, 11) is 1.74. The molecule has 3 heteroatoms. The SMILES string of the molecule is C=C(C)C(=O)OCCCCc1ccc(-c2c3ccccc3c(OC)c3ccccc23)cc1. The first-order valence-electron chi connectivity index (χ1n) is 11.0. The summed E-state index contributed by atoms with van der Waals surface area (Å²) in [6.07, 6.45) is 2.76. The molecule has 4 aromatic carbocycles. The van der Waals surface area contributed by atoms with Crippen LogP contribution in [-0.4, -0.2) is 19.7 Å². The fourth-order valence-electron chi connectivity index (χ4n) is 4.18. The summed E-state index contributed by atoms with van der Waals surface area (Å²) in [4.78, 5) is 11.4. The second kappa shape index (κ2) is 9.69. The van der Waals surface area contributed by atoms with E-state index in [4.69, 9.17) is 9.47 Å². The molecular formula is C29H28O3. The first-order chi connectivity index (χ1) is 15.6. The third kappa shape index (κ3) is 4.38. The molecule has 4 rings (SSSR count). The summed E-state index contributed by atoms with van der Waals surface area (Å²) >= 11 is 0. The van der Waals surface area contributed by atoms with E-state index in [9.17, 15) is 4.79 Å². The second-order valence-electron chi connectivity index (χ2n) is 8.07. The fraction of sp³-hybridized carbons (Fsp3) is 0.207. The highest BCUT2D eigenvalue weighted by atomic mass is 16.5. The Labute approximate surface area is 189 Å². The molecule has 0 heterocycles. The van der Waals surface area contributed by atoms with E-state index in [0.29, 0.717) is 12.2 Å². The quantitative estimate of drug-likeness (QED) is 0.131. The van der Waals surface area contributed by atoms with E-state index < -0.39 is 0 Å². The van der Waals surface area contributed by atoms with Crippen molar-refractivity contribution in [1.29, 1.82) is 0 Å². The van der Waals surface area contributed by atoms with E-state index in [1.807, 2.05) is 0 Å². The van der Waals surface area contributed by atoms with Gasteiger partial charge >= 0.3 is 5.97 Å². The van der Waals surface area contributed by atoms with Crippen LogP contribution in [0.5, 0.6) is 5.75 Å². The summed E-state index contributed by atoms with van der Waals surface area (Å²) in [6.45, 7) is 5.70. The number of unbranched alkanes of at least 4 members (excludes halogenated alkanes) is 1. The van der Waals surface area contributed by atoms with Gasteiger partial charge in [0.1, 0.15) is 5.75 Å². The number of fused-ring (bicyclic) bond motifs is 2. The van der Waals surface area contributed by atoms with E-state index in [1.54, 1.807) is 14.0 Å². The van der Waals surface area contributed by atoms with Crippen LogP contribution in [0.3, 0.4) is 0 Å². The Bertz CT molecular complexity index is 1210. The third-order valence-corrected chi connectivity index (χ3v) is 5.77. The maximum absolute atomic E-state index is 11.4. The average molecular weight is 425 g/mol. The molecule has 0 amide bonds. The number of hydrogen-bond donors (Lipinski definition) is 0. The largest absolute Gasteiger partial charge is 0.495 e. The van der Waals surface area contributed by atoms with Crippen molar-refractivity contribution in [3.8, 4) is 16.9 Å². The molecule has 0 saturated carbocycles. The zero-order chi connectivity index (χ0) is 22.5. The van der Waals surface area contributed by atoms with Crippen LogP contribution in [-0.2, 0) is 16.0 Å². The van der Waals surface area contributed by atoms with Gasteiger partial charge in [0.15, 0.2) is 0 Å². The lowest BCUT2D eigenvalue weighted by Gasteiger charge is -2.16. The van der Waals surface area contributed by atoms with Gasteiger partial charge < -0.3 is 9.47 Å². The smallest absolute Gasteiger partial charge is 0.333 e. The lowest BCUT2D eigenvalue weighted by atomic mass is 9.90. The molecule has 162 valence electrons. The molecule has 0 fully saturated rings. The summed E-state index contributed by atoms with van der Waals surface area (Å²) < 4.78 is 11.0. The molecule has 0 aliphatic carbocycles. The molecule has 0 aliphatic rings. The zero-order valence-electron chi connectivity index (χ0n) is 18.7. The number of aryl methyl sites for hydroxylation is 1. The number of benzene rings is 4. The van der Waals surface area contributed by atoms with Crippen molar-refractivity contribution in [2.45, 2.75) is 26.2 Å². The Morgan fingerprint density at radius 2 is 1.38 bits per heavy atom. The molecule has 3 nitrogen and oxygen atoms in total. The highest BCUT2D eigenvalue weighted by molar-refractivity contribution is 6.16. The Hall–Kier alpha value is -3.59. The molecule has 4 aromatic rings. The van der Waals surface area contributed by atoms with Crippen LogP contribution >= 0.6 is 0 Å². The van der Waals surface area contributed by atoms with Gasteiger partial charge in [-0.15, -0.1) is 0 Å². The number of esters is 1. The Morgan fingerprint density at radius 3 is 1.91 bits per heavy atom. The van der Waals surface area contributed by atoms with Crippen molar-refractivity contribution in [2.75, 3.05) is 13.7 Å². The highest BCUT2D eigenvalue weighted by Crippen LogP contribution is 2.42. The summed E-state index contributed by atoms with van der Waals surface area (Å²) in [6, 6.07) is 25.7. The molecule has 0 unspecified atom stereocenters. The number of methoxy groups -OCH3 is 1. The van der Waals surface area contributed by atoms with Crippen molar-refractivity contribution in [3.63, 3.8) is 0 Å². The van der Waals surface area contributed by atoms with Gasteiger partial charge in [-0.3, -0.25) is 0 Å².